The maximum atomic E-state index is 9.38. The summed E-state index contributed by atoms with van der Waals surface area (Å²) in [5.41, 5.74) is 3.50. The molecule has 0 spiro atoms. The van der Waals surface area contributed by atoms with Gasteiger partial charge in [-0.3, -0.25) is 0 Å². The number of nitriles is 1. The summed E-state index contributed by atoms with van der Waals surface area (Å²) in [6, 6.07) is 10.2. The minimum atomic E-state index is 0.383. The second kappa shape index (κ2) is 5.30. The van der Waals surface area contributed by atoms with Gasteiger partial charge in [0.2, 0.25) is 0 Å². The lowest BCUT2D eigenvalue weighted by molar-refractivity contribution is 0.677. The van der Waals surface area contributed by atoms with Crippen LogP contribution in [0.25, 0.3) is 5.69 Å². The molecule has 0 aliphatic heterocycles. The van der Waals surface area contributed by atoms with E-state index in [0.717, 1.165) is 24.2 Å². The van der Waals surface area contributed by atoms with Gasteiger partial charge in [-0.1, -0.05) is 42.1 Å². The molecule has 0 bridgehead atoms. The summed E-state index contributed by atoms with van der Waals surface area (Å²) >= 11 is 6.36. The molecular formula is C16H16ClN3. The molecule has 0 N–H and O–H groups in total. The van der Waals surface area contributed by atoms with Gasteiger partial charge in [-0.25, -0.2) is 4.68 Å². The Morgan fingerprint density at radius 1 is 1.25 bits per heavy atom. The summed E-state index contributed by atoms with van der Waals surface area (Å²) in [5, 5.41) is 14.4. The number of rotatable bonds is 2. The molecule has 1 aromatic heterocycles. The fourth-order valence-electron chi connectivity index (χ4n) is 2.86. The first-order valence-electron chi connectivity index (χ1n) is 6.96. The van der Waals surface area contributed by atoms with Crippen LogP contribution in [-0.2, 0) is 0 Å². The average Bonchev–Trinajstić information content (AvgIpc) is 3.07. The predicted molar refractivity (Wildman–Crippen MR) is 79.2 cm³/mol. The number of aryl methyl sites for hydroxylation is 1. The van der Waals surface area contributed by atoms with E-state index < -0.39 is 0 Å². The standard InChI is InChI=1S/C16H16ClN3/c1-11-6-8-13(9-7-11)20-16(17)14(10-18)15(19-20)12-4-2-3-5-12/h6-9,12H,2-5H2,1H3. The maximum Gasteiger partial charge on any atom is 0.150 e. The Bertz CT molecular complexity index is 658. The molecule has 102 valence electrons. The molecule has 4 heteroatoms. The minimum Gasteiger partial charge on any atom is -0.221 e. The summed E-state index contributed by atoms with van der Waals surface area (Å²) in [4.78, 5) is 0. The van der Waals surface area contributed by atoms with Gasteiger partial charge in [0.15, 0.2) is 5.15 Å². The van der Waals surface area contributed by atoms with E-state index in [4.69, 9.17) is 11.6 Å². The summed E-state index contributed by atoms with van der Waals surface area (Å²) in [6.45, 7) is 2.04. The van der Waals surface area contributed by atoms with Crippen LogP contribution in [0.15, 0.2) is 24.3 Å². The Hall–Kier alpha value is -1.79. The van der Waals surface area contributed by atoms with E-state index in [-0.39, 0.29) is 0 Å². The van der Waals surface area contributed by atoms with E-state index in [9.17, 15) is 5.26 Å². The molecule has 1 fully saturated rings. The van der Waals surface area contributed by atoms with Crippen LogP contribution >= 0.6 is 11.6 Å². The van der Waals surface area contributed by atoms with Gasteiger partial charge >= 0.3 is 0 Å². The normalized spacial score (nSPS) is 15.4. The van der Waals surface area contributed by atoms with Crippen LogP contribution in [-0.4, -0.2) is 9.78 Å². The Kier molecular flexibility index (Phi) is 3.50. The Labute approximate surface area is 123 Å². The molecule has 1 saturated carbocycles. The number of hydrogen-bond acceptors (Lipinski definition) is 2. The van der Waals surface area contributed by atoms with E-state index in [1.807, 2.05) is 31.2 Å². The SMILES string of the molecule is Cc1ccc(-n2nc(C3CCCC3)c(C#N)c2Cl)cc1. The highest BCUT2D eigenvalue weighted by atomic mass is 35.5. The zero-order valence-electron chi connectivity index (χ0n) is 11.4. The molecule has 2 aromatic rings. The lowest BCUT2D eigenvalue weighted by atomic mass is 10.0. The summed E-state index contributed by atoms with van der Waals surface area (Å²) in [7, 11) is 0. The molecule has 3 rings (SSSR count). The summed E-state index contributed by atoms with van der Waals surface area (Å²) in [6.07, 6.45) is 4.64. The quantitative estimate of drug-likeness (QED) is 0.822. The second-order valence-corrected chi connectivity index (χ2v) is 5.75. The molecule has 0 amide bonds. The van der Waals surface area contributed by atoms with Crippen molar-refractivity contribution in [1.29, 1.82) is 5.26 Å². The van der Waals surface area contributed by atoms with Gasteiger partial charge in [0.1, 0.15) is 11.6 Å². The molecule has 0 unspecified atom stereocenters. The van der Waals surface area contributed by atoms with Gasteiger partial charge in [0, 0.05) is 5.92 Å². The topological polar surface area (TPSA) is 41.6 Å². The number of benzene rings is 1. The molecule has 0 radical (unpaired) electrons. The molecule has 1 aliphatic carbocycles. The van der Waals surface area contributed by atoms with Crippen LogP contribution < -0.4 is 0 Å². The molecule has 1 aromatic carbocycles. The highest BCUT2D eigenvalue weighted by Gasteiger charge is 2.26. The fraction of sp³-hybridized carbons (Fsp3) is 0.375. The van der Waals surface area contributed by atoms with Crippen LogP contribution in [0.4, 0.5) is 0 Å². The number of hydrogen-bond donors (Lipinski definition) is 0. The van der Waals surface area contributed by atoms with Crippen LogP contribution in [0, 0.1) is 18.3 Å². The lowest BCUT2D eigenvalue weighted by Crippen LogP contribution is -1.99. The Morgan fingerprint density at radius 2 is 1.90 bits per heavy atom. The van der Waals surface area contributed by atoms with Crippen molar-refractivity contribution in [2.75, 3.05) is 0 Å². The number of aromatic nitrogens is 2. The van der Waals surface area contributed by atoms with Gasteiger partial charge in [-0.2, -0.15) is 10.4 Å². The first-order chi connectivity index (χ1) is 9.70. The van der Waals surface area contributed by atoms with E-state index in [2.05, 4.69) is 11.2 Å². The van der Waals surface area contributed by atoms with Crippen molar-refractivity contribution in [3.8, 4) is 11.8 Å². The number of nitrogens with zero attached hydrogens (tertiary/aromatic N) is 3. The van der Waals surface area contributed by atoms with Gasteiger partial charge in [-0.05, 0) is 31.9 Å². The van der Waals surface area contributed by atoms with Gasteiger partial charge in [0.05, 0.1) is 11.4 Å². The summed E-state index contributed by atoms with van der Waals surface area (Å²) < 4.78 is 1.69. The lowest BCUT2D eigenvalue weighted by Gasteiger charge is -2.05. The molecule has 1 aliphatic rings. The highest BCUT2D eigenvalue weighted by molar-refractivity contribution is 6.31. The Balaban J connectivity index is 2.08. The smallest absolute Gasteiger partial charge is 0.150 e. The molecule has 3 nitrogen and oxygen atoms in total. The zero-order valence-corrected chi connectivity index (χ0v) is 12.2. The van der Waals surface area contributed by atoms with Crippen LogP contribution in [0.3, 0.4) is 0 Å². The highest BCUT2D eigenvalue weighted by Crippen LogP contribution is 2.37. The van der Waals surface area contributed by atoms with Crippen LogP contribution in [0.1, 0.15) is 48.4 Å². The number of halogens is 1. The van der Waals surface area contributed by atoms with Crippen molar-refractivity contribution in [3.05, 3.63) is 46.2 Å². The molecule has 20 heavy (non-hydrogen) atoms. The first kappa shape index (κ1) is 13.2. The van der Waals surface area contributed by atoms with E-state index >= 15 is 0 Å². The monoisotopic (exact) mass is 285 g/mol. The van der Waals surface area contributed by atoms with Crippen molar-refractivity contribution >= 4 is 11.6 Å². The van der Waals surface area contributed by atoms with Crippen molar-refractivity contribution < 1.29 is 0 Å². The Morgan fingerprint density at radius 3 is 2.50 bits per heavy atom. The third-order valence-electron chi connectivity index (χ3n) is 3.99. The van der Waals surface area contributed by atoms with Crippen LogP contribution in [0.2, 0.25) is 5.15 Å². The van der Waals surface area contributed by atoms with Crippen molar-refractivity contribution in [2.45, 2.75) is 38.5 Å². The average molecular weight is 286 g/mol. The third kappa shape index (κ3) is 2.21. The molecular weight excluding hydrogens is 270 g/mol. The van der Waals surface area contributed by atoms with Crippen molar-refractivity contribution in [3.63, 3.8) is 0 Å². The predicted octanol–water partition coefficient (Wildman–Crippen LogP) is 4.36. The van der Waals surface area contributed by atoms with Gasteiger partial charge < -0.3 is 0 Å². The van der Waals surface area contributed by atoms with Crippen molar-refractivity contribution in [2.24, 2.45) is 0 Å². The minimum absolute atomic E-state index is 0.383. The largest absolute Gasteiger partial charge is 0.221 e. The zero-order chi connectivity index (χ0) is 14.1. The van der Waals surface area contributed by atoms with Crippen LogP contribution in [0.5, 0.6) is 0 Å². The summed E-state index contributed by atoms with van der Waals surface area (Å²) in [5.74, 6) is 0.383. The van der Waals surface area contributed by atoms with E-state index in [1.165, 1.54) is 18.4 Å². The van der Waals surface area contributed by atoms with Crippen molar-refractivity contribution in [1.82, 2.24) is 9.78 Å². The molecule has 0 saturated heterocycles. The van der Waals surface area contributed by atoms with E-state index in [1.54, 1.807) is 4.68 Å². The maximum absolute atomic E-state index is 9.38. The van der Waals surface area contributed by atoms with E-state index in [0.29, 0.717) is 16.6 Å². The first-order valence-corrected chi connectivity index (χ1v) is 7.34. The van der Waals surface area contributed by atoms with Gasteiger partial charge in [-0.15, -0.1) is 0 Å². The molecule has 1 heterocycles. The molecule has 0 atom stereocenters. The third-order valence-corrected chi connectivity index (χ3v) is 4.34. The van der Waals surface area contributed by atoms with Gasteiger partial charge in [0.25, 0.3) is 0 Å². The second-order valence-electron chi connectivity index (χ2n) is 5.39. The fourth-order valence-corrected chi connectivity index (χ4v) is 3.13.